The van der Waals surface area contributed by atoms with Crippen LogP contribution in [0.4, 0.5) is 0 Å². The molecule has 0 N–H and O–H groups in total. The van der Waals surface area contributed by atoms with Crippen molar-refractivity contribution >= 4 is 33.2 Å². The highest BCUT2D eigenvalue weighted by Crippen LogP contribution is 2.32. The van der Waals surface area contributed by atoms with E-state index in [1.54, 1.807) is 11.3 Å². The molecule has 0 aliphatic carbocycles. The number of halogens is 1. The van der Waals surface area contributed by atoms with Crippen molar-refractivity contribution in [2.45, 2.75) is 18.7 Å². The fourth-order valence-electron chi connectivity index (χ4n) is 2.35. The number of hydrogen-bond acceptors (Lipinski definition) is 2. The second-order valence-corrected chi connectivity index (χ2v) is 6.65. The topological polar surface area (TPSA) is 12.9 Å². The van der Waals surface area contributed by atoms with Crippen molar-refractivity contribution in [3.63, 3.8) is 0 Å². The maximum Gasteiger partial charge on any atom is 0.0941 e. The molecule has 0 aliphatic heterocycles. The number of aromatic nitrogens is 1. The largest absolute Gasteiger partial charge is 0.241 e. The Hall–Kier alpha value is -1.38. The zero-order valence-electron chi connectivity index (χ0n) is 11.3. The molecule has 3 heteroatoms. The van der Waals surface area contributed by atoms with Crippen LogP contribution in [0.2, 0.25) is 0 Å². The summed E-state index contributed by atoms with van der Waals surface area (Å²) in [4.78, 5) is 4.69. The molecule has 2 aromatic carbocycles. The van der Waals surface area contributed by atoms with E-state index in [-0.39, 0.29) is 5.38 Å². The lowest BCUT2D eigenvalue weighted by Crippen LogP contribution is -2.07. The van der Waals surface area contributed by atoms with Gasteiger partial charge in [0.05, 0.1) is 20.6 Å². The lowest BCUT2D eigenvalue weighted by Gasteiger charge is -2.17. The molecular weight excluding hydrogens is 286 g/mol. The van der Waals surface area contributed by atoms with Gasteiger partial charge in [0.1, 0.15) is 0 Å². The Morgan fingerprint density at radius 3 is 2.50 bits per heavy atom. The summed E-state index contributed by atoms with van der Waals surface area (Å²) in [6.45, 7) is 2.19. The lowest BCUT2D eigenvalue weighted by molar-refractivity contribution is 0.557. The normalized spacial score (nSPS) is 14.3. The summed E-state index contributed by atoms with van der Waals surface area (Å²) in [7, 11) is 0. The van der Waals surface area contributed by atoms with E-state index in [0.717, 1.165) is 11.9 Å². The van der Waals surface area contributed by atoms with E-state index in [9.17, 15) is 0 Å². The number of para-hydroxylation sites is 1. The third-order valence-corrected chi connectivity index (χ3v) is 5.19. The van der Waals surface area contributed by atoms with Crippen molar-refractivity contribution in [1.82, 2.24) is 4.98 Å². The van der Waals surface area contributed by atoms with Gasteiger partial charge in [-0.1, -0.05) is 49.4 Å². The standard InChI is InChI=1S/C17H16ClNS/c1-12(17(18)13-7-3-2-4-8-13)11-16-19-14-9-5-6-10-15(14)20-16/h2-10,12,17H,11H2,1H3. The highest BCUT2D eigenvalue weighted by atomic mass is 35.5. The molecule has 0 radical (unpaired) electrons. The first kappa shape index (κ1) is 13.6. The second-order valence-electron chi connectivity index (χ2n) is 5.07. The van der Waals surface area contributed by atoms with Gasteiger partial charge in [-0.25, -0.2) is 4.98 Å². The average Bonchev–Trinajstić information content (AvgIpc) is 2.89. The van der Waals surface area contributed by atoms with Crippen LogP contribution in [0.1, 0.15) is 22.9 Å². The van der Waals surface area contributed by atoms with Gasteiger partial charge in [-0.2, -0.15) is 0 Å². The number of hydrogen-bond donors (Lipinski definition) is 0. The highest BCUT2D eigenvalue weighted by molar-refractivity contribution is 7.18. The summed E-state index contributed by atoms with van der Waals surface area (Å²) >= 11 is 8.35. The van der Waals surface area contributed by atoms with E-state index in [2.05, 4.69) is 42.2 Å². The Balaban J connectivity index is 1.76. The summed E-state index contributed by atoms with van der Waals surface area (Å²) in [5, 5.41) is 1.20. The highest BCUT2D eigenvalue weighted by Gasteiger charge is 2.18. The van der Waals surface area contributed by atoms with Gasteiger partial charge >= 0.3 is 0 Å². The van der Waals surface area contributed by atoms with Gasteiger partial charge in [0.25, 0.3) is 0 Å². The van der Waals surface area contributed by atoms with Crippen molar-refractivity contribution in [1.29, 1.82) is 0 Å². The van der Waals surface area contributed by atoms with Gasteiger partial charge in [-0.3, -0.25) is 0 Å². The van der Waals surface area contributed by atoms with E-state index in [4.69, 9.17) is 11.6 Å². The van der Waals surface area contributed by atoms with Gasteiger partial charge in [0.2, 0.25) is 0 Å². The monoisotopic (exact) mass is 301 g/mol. The molecule has 3 rings (SSSR count). The number of fused-ring (bicyclic) bond motifs is 1. The van der Waals surface area contributed by atoms with Crippen LogP contribution in [0.15, 0.2) is 54.6 Å². The maximum absolute atomic E-state index is 6.58. The van der Waals surface area contributed by atoms with Gasteiger partial charge in [0, 0.05) is 6.42 Å². The van der Waals surface area contributed by atoms with Crippen LogP contribution >= 0.6 is 22.9 Å². The van der Waals surface area contributed by atoms with E-state index in [1.807, 2.05) is 24.3 Å². The molecule has 0 amide bonds. The Labute approximate surface area is 128 Å². The molecule has 1 aromatic heterocycles. The van der Waals surface area contributed by atoms with Crippen LogP contribution in [0.5, 0.6) is 0 Å². The lowest BCUT2D eigenvalue weighted by atomic mass is 9.98. The fraction of sp³-hybridized carbons (Fsp3) is 0.235. The molecule has 2 unspecified atom stereocenters. The molecule has 0 saturated carbocycles. The van der Waals surface area contributed by atoms with E-state index in [0.29, 0.717) is 5.92 Å². The predicted molar refractivity (Wildman–Crippen MR) is 87.5 cm³/mol. The van der Waals surface area contributed by atoms with Crippen molar-refractivity contribution in [3.05, 3.63) is 65.2 Å². The smallest absolute Gasteiger partial charge is 0.0941 e. The molecule has 3 aromatic rings. The van der Waals surface area contributed by atoms with Crippen molar-refractivity contribution in [2.75, 3.05) is 0 Å². The third-order valence-electron chi connectivity index (χ3n) is 3.45. The molecule has 0 aliphatic rings. The quantitative estimate of drug-likeness (QED) is 0.583. The van der Waals surface area contributed by atoms with E-state index in [1.165, 1.54) is 15.3 Å². The fourth-order valence-corrected chi connectivity index (χ4v) is 3.70. The minimum Gasteiger partial charge on any atom is -0.241 e. The van der Waals surface area contributed by atoms with Gasteiger partial charge < -0.3 is 0 Å². The Kier molecular flexibility index (Phi) is 4.04. The first-order valence-corrected chi connectivity index (χ1v) is 8.03. The zero-order valence-corrected chi connectivity index (χ0v) is 12.9. The number of benzene rings is 2. The average molecular weight is 302 g/mol. The van der Waals surface area contributed by atoms with Crippen LogP contribution in [0, 0.1) is 5.92 Å². The summed E-state index contributed by atoms with van der Waals surface area (Å²) in [6, 6.07) is 18.5. The minimum absolute atomic E-state index is 0.0308. The molecule has 0 bridgehead atoms. The maximum atomic E-state index is 6.58. The molecule has 1 nitrogen and oxygen atoms in total. The van der Waals surface area contributed by atoms with Gasteiger partial charge in [-0.15, -0.1) is 22.9 Å². The zero-order chi connectivity index (χ0) is 13.9. The third kappa shape index (κ3) is 2.87. The van der Waals surface area contributed by atoms with Crippen molar-refractivity contribution in [2.24, 2.45) is 5.92 Å². The van der Waals surface area contributed by atoms with Crippen LogP contribution in [0.25, 0.3) is 10.2 Å². The summed E-state index contributed by atoms with van der Waals surface area (Å²) < 4.78 is 1.25. The Morgan fingerprint density at radius 2 is 1.75 bits per heavy atom. The van der Waals surface area contributed by atoms with Crippen LogP contribution in [-0.4, -0.2) is 4.98 Å². The summed E-state index contributed by atoms with van der Waals surface area (Å²) in [5.74, 6) is 0.361. The molecule has 1 heterocycles. The molecule has 102 valence electrons. The number of thiazole rings is 1. The SMILES string of the molecule is CC(Cc1nc2ccccc2s1)C(Cl)c1ccccc1. The van der Waals surface area contributed by atoms with Gasteiger partial charge in [-0.05, 0) is 23.6 Å². The number of alkyl halides is 1. The van der Waals surface area contributed by atoms with Crippen molar-refractivity contribution in [3.8, 4) is 0 Å². The summed E-state index contributed by atoms with van der Waals surface area (Å²) in [5.41, 5.74) is 2.27. The molecule has 0 saturated heterocycles. The molecule has 0 fully saturated rings. The molecule has 0 spiro atoms. The van der Waals surface area contributed by atoms with Gasteiger partial charge in [0.15, 0.2) is 0 Å². The van der Waals surface area contributed by atoms with Crippen LogP contribution in [0.3, 0.4) is 0 Å². The molecule has 20 heavy (non-hydrogen) atoms. The second kappa shape index (κ2) is 5.94. The Morgan fingerprint density at radius 1 is 1.05 bits per heavy atom. The van der Waals surface area contributed by atoms with E-state index < -0.39 is 0 Å². The summed E-state index contributed by atoms with van der Waals surface area (Å²) in [6.07, 6.45) is 0.919. The Bertz CT molecular complexity index is 659. The molecular formula is C17H16ClNS. The predicted octanol–water partition coefficient (Wildman–Crippen LogP) is 5.46. The number of rotatable bonds is 4. The first-order valence-electron chi connectivity index (χ1n) is 6.77. The van der Waals surface area contributed by atoms with Crippen molar-refractivity contribution < 1.29 is 0 Å². The van der Waals surface area contributed by atoms with Crippen LogP contribution in [-0.2, 0) is 6.42 Å². The number of nitrogens with zero attached hydrogens (tertiary/aromatic N) is 1. The first-order chi connectivity index (χ1) is 9.74. The minimum atomic E-state index is 0.0308. The van der Waals surface area contributed by atoms with Crippen LogP contribution < -0.4 is 0 Å². The molecule has 2 atom stereocenters. The van der Waals surface area contributed by atoms with E-state index >= 15 is 0 Å².